The smallest absolute Gasteiger partial charge is 0.273 e. The molecule has 7 heteroatoms. The highest BCUT2D eigenvalue weighted by Crippen LogP contribution is 2.15. The fourth-order valence-electron chi connectivity index (χ4n) is 3.35. The minimum absolute atomic E-state index is 0.0655. The van der Waals surface area contributed by atoms with Crippen molar-refractivity contribution < 1.29 is 9.53 Å². The summed E-state index contributed by atoms with van der Waals surface area (Å²) in [6.07, 6.45) is 0. The number of morpholine rings is 1. The number of amides is 1. The van der Waals surface area contributed by atoms with E-state index in [0.29, 0.717) is 23.9 Å². The number of ether oxygens (including phenoxy) is 1. The molecule has 7 nitrogen and oxygen atoms in total. The van der Waals surface area contributed by atoms with Gasteiger partial charge in [-0.1, -0.05) is 30.3 Å². The Hall–Kier alpha value is -2.51. The van der Waals surface area contributed by atoms with Crippen LogP contribution in [0.2, 0.25) is 0 Å². The Morgan fingerprint density at radius 3 is 2.62 bits per heavy atom. The second kappa shape index (κ2) is 10.3. The first-order chi connectivity index (χ1) is 14.0. The van der Waals surface area contributed by atoms with Crippen LogP contribution in [0.25, 0.3) is 0 Å². The third kappa shape index (κ3) is 6.24. The van der Waals surface area contributed by atoms with Crippen LogP contribution in [-0.2, 0) is 11.3 Å². The van der Waals surface area contributed by atoms with Gasteiger partial charge in [0.2, 0.25) is 0 Å². The van der Waals surface area contributed by atoms with E-state index in [9.17, 15) is 4.79 Å². The largest absolute Gasteiger partial charge is 0.379 e. The number of hydrogen-bond donors (Lipinski definition) is 1. The van der Waals surface area contributed by atoms with Crippen molar-refractivity contribution in [3.05, 3.63) is 53.5 Å². The van der Waals surface area contributed by atoms with Crippen LogP contribution in [0, 0.1) is 6.92 Å². The average molecular weight is 398 g/mol. The van der Waals surface area contributed by atoms with Gasteiger partial charge in [-0.25, -0.2) is 9.97 Å². The average Bonchev–Trinajstić information content (AvgIpc) is 2.72. The van der Waals surface area contributed by atoms with E-state index in [2.05, 4.69) is 20.2 Å². The van der Waals surface area contributed by atoms with E-state index in [0.717, 1.165) is 45.0 Å². The Morgan fingerprint density at radius 1 is 1.21 bits per heavy atom. The number of anilines is 1. The van der Waals surface area contributed by atoms with Crippen LogP contribution >= 0.6 is 0 Å². The fourth-order valence-corrected chi connectivity index (χ4v) is 3.35. The first-order valence-electron chi connectivity index (χ1n) is 10.3. The normalized spacial score (nSPS) is 14.8. The molecule has 0 saturated carbocycles. The number of carbonyl (C=O) groups excluding carboxylic acids is 1. The fraction of sp³-hybridized carbons (Fsp3) is 0.500. The van der Waals surface area contributed by atoms with Gasteiger partial charge in [0.1, 0.15) is 17.3 Å². The Balaban J connectivity index is 1.66. The molecule has 0 atom stereocenters. The van der Waals surface area contributed by atoms with Gasteiger partial charge in [-0.15, -0.1) is 0 Å². The maximum Gasteiger partial charge on any atom is 0.273 e. The van der Waals surface area contributed by atoms with E-state index in [1.165, 1.54) is 0 Å². The molecule has 1 aromatic heterocycles. The van der Waals surface area contributed by atoms with Crippen LogP contribution in [0.3, 0.4) is 0 Å². The Bertz CT molecular complexity index is 791. The zero-order chi connectivity index (χ0) is 20.6. The zero-order valence-corrected chi connectivity index (χ0v) is 17.6. The second-order valence-corrected chi connectivity index (χ2v) is 7.58. The number of nitrogens with one attached hydrogen (secondary N) is 1. The highest BCUT2D eigenvalue weighted by molar-refractivity contribution is 5.93. The lowest BCUT2D eigenvalue weighted by Gasteiger charge is -2.27. The number of carbonyl (C=O) groups is 1. The van der Waals surface area contributed by atoms with Gasteiger partial charge in [-0.05, 0) is 26.3 Å². The monoisotopic (exact) mass is 397 g/mol. The van der Waals surface area contributed by atoms with Crippen LogP contribution in [0.15, 0.2) is 36.4 Å². The van der Waals surface area contributed by atoms with Crippen molar-refractivity contribution in [1.82, 2.24) is 19.8 Å². The van der Waals surface area contributed by atoms with Gasteiger partial charge in [-0.3, -0.25) is 9.69 Å². The summed E-state index contributed by atoms with van der Waals surface area (Å²) in [5, 5.41) is 3.34. The lowest BCUT2D eigenvalue weighted by molar-refractivity contribution is 0.0398. The van der Waals surface area contributed by atoms with Crippen LogP contribution in [-0.4, -0.2) is 71.1 Å². The third-order valence-electron chi connectivity index (χ3n) is 4.97. The maximum atomic E-state index is 13.2. The first-order valence-corrected chi connectivity index (χ1v) is 10.3. The number of rotatable bonds is 8. The Labute approximate surface area is 173 Å². The molecule has 2 heterocycles. The number of benzene rings is 1. The van der Waals surface area contributed by atoms with Crippen LogP contribution in [0.1, 0.15) is 35.7 Å². The molecule has 1 aromatic carbocycles. The maximum absolute atomic E-state index is 13.2. The summed E-state index contributed by atoms with van der Waals surface area (Å²) in [5.74, 6) is 1.20. The minimum Gasteiger partial charge on any atom is -0.379 e. The Kier molecular flexibility index (Phi) is 7.55. The molecule has 1 aliphatic heterocycles. The van der Waals surface area contributed by atoms with Crippen molar-refractivity contribution in [2.45, 2.75) is 33.4 Å². The van der Waals surface area contributed by atoms with Gasteiger partial charge in [0.05, 0.1) is 13.2 Å². The highest BCUT2D eigenvalue weighted by atomic mass is 16.5. The lowest BCUT2D eigenvalue weighted by Crippen LogP contribution is -2.39. The molecule has 1 amide bonds. The summed E-state index contributed by atoms with van der Waals surface area (Å²) in [4.78, 5) is 26.3. The van der Waals surface area contributed by atoms with E-state index in [1.807, 2.05) is 56.0 Å². The van der Waals surface area contributed by atoms with Crippen molar-refractivity contribution in [2.75, 3.05) is 44.7 Å². The predicted molar refractivity (Wildman–Crippen MR) is 114 cm³/mol. The van der Waals surface area contributed by atoms with Gasteiger partial charge in [0, 0.05) is 44.8 Å². The van der Waals surface area contributed by atoms with Crippen LogP contribution in [0.5, 0.6) is 0 Å². The molecule has 1 fully saturated rings. The molecule has 0 spiro atoms. The molecular formula is C22H31N5O2. The van der Waals surface area contributed by atoms with Gasteiger partial charge in [0.25, 0.3) is 5.91 Å². The molecule has 0 aliphatic carbocycles. The number of aryl methyl sites for hydroxylation is 1. The molecule has 156 valence electrons. The number of aromatic nitrogens is 2. The SMILES string of the molecule is Cc1nc(NCCN2CCOCC2)cc(C(=O)N(Cc2ccccc2)C(C)C)n1. The predicted octanol–water partition coefficient (Wildman–Crippen LogP) is 2.58. The molecule has 1 aliphatic rings. The quantitative estimate of drug-likeness (QED) is 0.738. The van der Waals surface area contributed by atoms with E-state index in [-0.39, 0.29) is 11.9 Å². The van der Waals surface area contributed by atoms with Gasteiger partial charge in [0.15, 0.2) is 0 Å². The third-order valence-corrected chi connectivity index (χ3v) is 4.97. The molecule has 2 aromatic rings. The van der Waals surface area contributed by atoms with E-state index in [1.54, 1.807) is 6.07 Å². The van der Waals surface area contributed by atoms with Gasteiger partial charge >= 0.3 is 0 Å². The molecular weight excluding hydrogens is 366 g/mol. The van der Waals surface area contributed by atoms with E-state index in [4.69, 9.17) is 4.74 Å². The van der Waals surface area contributed by atoms with Crippen molar-refractivity contribution in [1.29, 1.82) is 0 Å². The second-order valence-electron chi connectivity index (χ2n) is 7.58. The summed E-state index contributed by atoms with van der Waals surface area (Å²) in [5.41, 5.74) is 1.53. The van der Waals surface area contributed by atoms with Crippen molar-refractivity contribution in [2.24, 2.45) is 0 Å². The van der Waals surface area contributed by atoms with Crippen LogP contribution < -0.4 is 5.32 Å². The highest BCUT2D eigenvalue weighted by Gasteiger charge is 2.21. The summed E-state index contributed by atoms with van der Waals surface area (Å²) in [7, 11) is 0. The summed E-state index contributed by atoms with van der Waals surface area (Å²) in [6, 6.07) is 11.9. The van der Waals surface area contributed by atoms with E-state index < -0.39 is 0 Å². The van der Waals surface area contributed by atoms with Crippen molar-refractivity contribution in [3.63, 3.8) is 0 Å². The lowest BCUT2D eigenvalue weighted by atomic mass is 10.1. The zero-order valence-electron chi connectivity index (χ0n) is 17.6. The number of hydrogen-bond acceptors (Lipinski definition) is 6. The molecule has 0 bridgehead atoms. The molecule has 3 rings (SSSR count). The standard InChI is InChI=1S/C22H31N5O2/c1-17(2)27(16-19-7-5-4-6-8-19)22(28)20-15-21(25-18(3)24-20)23-9-10-26-11-13-29-14-12-26/h4-8,15,17H,9-14,16H2,1-3H3,(H,23,24,25). The van der Waals surface area contributed by atoms with Gasteiger partial charge in [-0.2, -0.15) is 0 Å². The molecule has 1 saturated heterocycles. The van der Waals surface area contributed by atoms with Crippen LogP contribution in [0.4, 0.5) is 5.82 Å². The molecule has 29 heavy (non-hydrogen) atoms. The van der Waals surface area contributed by atoms with E-state index >= 15 is 0 Å². The molecule has 0 radical (unpaired) electrons. The number of nitrogens with zero attached hydrogens (tertiary/aromatic N) is 4. The summed E-state index contributed by atoms with van der Waals surface area (Å²) >= 11 is 0. The van der Waals surface area contributed by atoms with Gasteiger partial charge < -0.3 is 15.0 Å². The molecule has 0 unspecified atom stereocenters. The van der Waals surface area contributed by atoms with Crippen molar-refractivity contribution >= 4 is 11.7 Å². The Morgan fingerprint density at radius 2 is 1.93 bits per heavy atom. The first kappa shape index (κ1) is 21.2. The molecule has 1 N–H and O–H groups in total. The summed E-state index contributed by atoms with van der Waals surface area (Å²) in [6.45, 7) is 11.6. The van der Waals surface area contributed by atoms with Crippen molar-refractivity contribution in [3.8, 4) is 0 Å². The summed E-state index contributed by atoms with van der Waals surface area (Å²) < 4.78 is 5.38. The topological polar surface area (TPSA) is 70.6 Å². The minimum atomic E-state index is -0.0782.